The Bertz CT molecular complexity index is 903. The molecule has 1 aromatic carbocycles. The first-order valence-corrected chi connectivity index (χ1v) is 10.2. The maximum Gasteiger partial charge on any atom is 0.261 e. The highest BCUT2D eigenvalue weighted by atomic mass is 32.2. The molecule has 0 atom stereocenters. The zero-order valence-electron chi connectivity index (χ0n) is 16.1. The number of allylic oxidation sites excluding steroid dienone is 1. The van der Waals surface area contributed by atoms with E-state index in [0.717, 1.165) is 12.8 Å². The van der Waals surface area contributed by atoms with Gasteiger partial charge in [0.1, 0.15) is 17.1 Å². The van der Waals surface area contributed by atoms with Gasteiger partial charge in [0.2, 0.25) is 0 Å². The number of pyridine rings is 1. The van der Waals surface area contributed by atoms with E-state index < -0.39 is 11.5 Å². The lowest BCUT2D eigenvalue weighted by atomic mass is 10.1. The average molecular weight is 405 g/mol. The molecule has 3 N–H and O–H groups in total. The van der Waals surface area contributed by atoms with Crippen molar-refractivity contribution >= 4 is 17.7 Å². The van der Waals surface area contributed by atoms with Gasteiger partial charge < -0.3 is 15.5 Å². The van der Waals surface area contributed by atoms with Crippen LogP contribution in [0.4, 0.5) is 4.39 Å². The summed E-state index contributed by atoms with van der Waals surface area (Å²) in [6.45, 7) is 4.11. The molecule has 7 heteroatoms. The number of nitrogens with one attached hydrogen (secondary N) is 1. The fourth-order valence-electron chi connectivity index (χ4n) is 2.48. The minimum Gasteiger partial charge on any atom is -0.493 e. The molecule has 1 amide bonds. The van der Waals surface area contributed by atoms with Crippen LogP contribution in [0.15, 0.2) is 40.5 Å². The number of halogens is 1. The summed E-state index contributed by atoms with van der Waals surface area (Å²) in [6, 6.07) is 5.82. The van der Waals surface area contributed by atoms with Gasteiger partial charge >= 0.3 is 0 Å². The molecule has 1 aromatic heterocycles. The highest BCUT2D eigenvalue weighted by molar-refractivity contribution is 8.02. The Balaban J connectivity index is 0.000000485. The standard InChI is InChI=1S/C17H19FN2O3.C4H6S/c1-3-4-7-23-15-9-13(18)10(2)8-12(15)14-6-5-11(16(19)21)17(22)20-14;1-2-4-5-3-1/h5-6,8-9H,3-4,7H2,1-2H3,(H2,19,21)(H,20,22);1,3H,2,4H2. The van der Waals surface area contributed by atoms with Gasteiger partial charge in [-0.25, -0.2) is 4.39 Å². The molecule has 0 spiro atoms. The lowest BCUT2D eigenvalue weighted by Gasteiger charge is -2.13. The van der Waals surface area contributed by atoms with Crippen molar-refractivity contribution in [1.82, 2.24) is 4.98 Å². The Labute approximate surface area is 168 Å². The van der Waals surface area contributed by atoms with Crippen molar-refractivity contribution in [3.8, 4) is 17.0 Å². The summed E-state index contributed by atoms with van der Waals surface area (Å²) in [5, 5.41) is 2.15. The normalized spacial score (nSPS) is 12.4. The number of benzene rings is 1. The third-order valence-corrected chi connectivity index (χ3v) is 4.93. The molecule has 28 heavy (non-hydrogen) atoms. The van der Waals surface area contributed by atoms with E-state index in [4.69, 9.17) is 10.5 Å². The zero-order chi connectivity index (χ0) is 20.5. The van der Waals surface area contributed by atoms with Crippen LogP contribution in [0.5, 0.6) is 5.75 Å². The first-order valence-electron chi connectivity index (χ1n) is 9.17. The minimum atomic E-state index is -0.799. The third-order valence-electron chi connectivity index (χ3n) is 4.08. The van der Waals surface area contributed by atoms with Crippen molar-refractivity contribution in [3.05, 3.63) is 63.0 Å². The second kappa shape index (κ2) is 10.7. The van der Waals surface area contributed by atoms with Crippen molar-refractivity contribution < 1.29 is 13.9 Å². The molecule has 0 saturated heterocycles. The van der Waals surface area contributed by atoms with Crippen LogP contribution in [-0.4, -0.2) is 23.3 Å². The van der Waals surface area contributed by atoms with Crippen LogP contribution in [0.2, 0.25) is 0 Å². The number of nitrogens with two attached hydrogens (primary N) is 1. The van der Waals surface area contributed by atoms with Crippen LogP contribution >= 0.6 is 11.8 Å². The predicted molar refractivity (Wildman–Crippen MR) is 112 cm³/mol. The van der Waals surface area contributed by atoms with E-state index in [1.54, 1.807) is 19.1 Å². The van der Waals surface area contributed by atoms with Gasteiger partial charge in [0.15, 0.2) is 0 Å². The van der Waals surface area contributed by atoms with Crippen LogP contribution < -0.4 is 16.0 Å². The van der Waals surface area contributed by atoms with Crippen molar-refractivity contribution in [1.29, 1.82) is 0 Å². The van der Waals surface area contributed by atoms with Crippen LogP contribution in [-0.2, 0) is 0 Å². The minimum absolute atomic E-state index is 0.124. The fraction of sp³-hybridized carbons (Fsp3) is 0.333. The molecule has 1 aliphatic heterocycles. The number of amides is 1. The summed E-state index contributed by atoms with van der Waals surface area (Å²) in [7, 11) is 0. The summed E-state index contributed by atoms with van der Waals surface area (Å²) >= 11 is 1.89. The highest BCUT2D eigenvalue weighted by Gasteiger charge is 2.14. The molecule has 0 radical (unpaired) electrons. The molecule has 0 fully saturated rings. The topological polar surface area (TPSA) is 85.2 Å². The maximum absolute atomic E-state index is 13.8. The van der Waals surface area contributed by atoms with Gasteiger partial charge in [-0.3, -0.25) is 9.59 Å². The van der Waals surface area contributed by atoms with Gasteiger partial charge in [-0.1, -0.05) is 19.4 Å². The Hall–Kier alpha value is -2.54. The number of carbonyl (C=O) groups is 1. The van der Waals surface area contributed by atoms with Crippen LogP contribution in [0.3, 0.4) is 0 Å². The second-order valence-electron chi connectivity index (χ2n) is 6.31. The molecule has 2 aromatic rings. The fourth-order valence-corrected chi connectivity index (χ4v) is 3.17. The number of carbonyl (C=O) groups excluding carboxylic acids is 1. The van der Waals surface area contributed by atoms with Gasteiger partial charge in [-0.05, 0) is 48.9 Å². The number of primary amides is 1. The summed E-state index contributed by atoms with van der Waals surface area (Å²) in [4.78, 5) is 25.6. The Morgan fingerprint density at radius 1 is 1.36 bits per heavy atom. The summed E-state index contributed by atoms with van der Waals surface area (Å²) in [5.74, 6) is 0.480. The van der Waals surface area contributed by atoms with Gasteiger partial charge in [0, 0.05) is 17.4 Å². The number of hydrogen-bond acceptors (Lipinski definition) is 4. The monoisotopic (exact) mass is 404 g/mol. The van der Waals surface area contributed by atoms with Crippen molar-refractivity contribution in [2.45, 2.75) is 33.1 Å². The maximum atomic E-state index is 13.8. The van der Waals surface area contributed by atoms with Crippen molar-refractivity contribution in [2.24, 2.45) is 5.73 Å². The highest BCUT2D eigenvalue weighted by Crippen LogP contribution is 2.31. The molecular weight excluding hydrogens is 379 g/mol. The number of ether oxygens (including phenoxy) is 1. The average Bonchev–Trinajstić information content (AvgIpc) is 3.24. The molecule has 150 valence electrons. The third kappa shape index (κ3) is 5.99. The van der Waals surface area contributed by atoms with Gasteiger partial charge in [-0.2, -0.15) is 0 Å². The number of unbranched alkanes of at least 4 members (excludes halogenated alkanes) is 1. The van der Waals surface area contributed by atoms with E-state index in [2.05, 4.69) is 16.5 Å². The van der Waals surface area contributed by atoms with Gasteiger partial charge in [0.05, 0.1) is 12.3 Å². The first-order chi connectivity index (χ1) is 13.4. The molecule has 0 saturated carbocycles. The molecule has 3 rings (SSSR count). The molecule has 5 nitrogen and oxygen atoms in total. The Morgan fingerprint density at radius 3 is 2.68 bits per heavy atom. The van der Waals surface area contributed by atoms with Crippen LogP contribution in [0, 0.1) is 12.7 Å². The molecular formula is C21H25FN2O3S. The molecule has 0 aliphatic carbocycles. The van der Waals surface area contributed by atoms with E-state index in [9.17, 15) is 14.0 Å². The number of hydrogen-bond donors (Lipinski definition) is 2. The number of aromatic amines is 1. The van der Waals surface area contributed by atoms with Gasteiger partial charge in [-0.15, -0.1) is 11.8 Å². The smallest absolute Gasteiger partial charge is 0.261 e. The molecule has 2 heterocycles. The number of thioether (sulfide) groups is 1. The van der Waals surface area contributed by atoms with Crippen molar-refractivity contribution in [2.75, 3.05) is 12.4 Å². The lowest BCUT2D eigenvalue weighted by molar-refractivity contribution is 0.0999. The zero-order valence-corrected chi connectivity index (χ0v) is 16.9. The first kappa shape index (κ1) is 21.8. The van der Waals surface area contributed by atoms with E-state index in [-0.39, 0.29) is 11.4 Å². The molecule has 1 aliphatic rings. The lowest BCUT2D eigenvalue weighted by Crippen LogP contribution is -2.23. The van der Waals surface area contributed by atoms with E-state index >= 15 is 0 Å². The number of rotatable bonds is 6. The molecule has 0 bridgehead atoms. The second-order valence-corrected chi connectivity index (χ2v) is 7.32. The van der Waals surface area contributed by atoms with E-state index in [1.807, 2.05) is 18.7 Å². The predicted octanol–water partition coefficient (Wildman–Crippen LogP) is 4.40. The largest absolute Gasteiger partial charge is 0.493 e. The number of aromatic nitrogens is 1. The SMILES string of the molecule is C1=CSCC1.CCCCOc1cc(F)c(C)cc1-c1ccc(C(N)=O)c(=O)[nH]1. The van der Waals surface area contributed by atoms with Crippen LogP contribution in [0.1, 0.15) is 42.1 Å². The number of H-pyrrole nitrogens is 1. The Kier molecular flexibility index (Phi) is 8.32. The molecule has 0 unspecified atom stereocenters. The van der Waals surface area contributed by atoms with Crippen molar-refractivity contribution in [3.63, 3.8) is 0 Å². The van der Waals surface area contributed by atoms with E-state index in [1.165, 1.54) is 24.3 Å². The summed E-state index contributed by atoms with van der Waals surface area (Å²) < 4.78 is 19.5. The van der Waals surface area contributed by atoms with Crippen LogP contribution in [0.25, 0.3) is 11.3 Å². The quantitative estimate of drug-likeness (QED) is 0.699. The van der Waals surface area contributed by atoms with Gasteiger partial charge in [0.25, 0.3) is 11.5 Å². The Morgan fingerprint density at radius 2 is 2.14 bits per heavy atom. The number of aryl methyl sites for hydroxylation is 1. The summed E-state index contributed by atoms with van der Waals surface area (Å²) in [6.07, 6.45) is 5.27. The van der Waals surface area contributed by atoms with E-state index in [0.29, 0.717) is 29.2 Å². The summed E-state index contributed by atoms with van der Waals surface area (Å²) in [5.41, 5.74) is 5.85.